The number of fused-ring (bicyclic) bond motifs is 1. The molecule has 0 unspecified atom stereocenters. The Kier molecular flexibility index (Phi) is 7.26. The summed E-state index contributed by atoms with van der Waals surface area (Å²) in [6.45, 7) is 5.63. The molecule has 1 aromatic carbocycles. The molecule has 4 rings (SSSR count). The van der Waals surface area contributed by atoms with Crippen molar-refractivity contribution in [1.29, 1.82) is 0 Å². The van der Waals surface area contributed by atoms with E-state index in [0.717, 1.165) is 53.2 Å². The molecule has 2 aromatic heterocycles. The third-order valence-electron chi connectivity index (χ3n) is 5.42. The van der Waals surface area contributed by atoms with Gasteiger partial charge in [-0.25, -0.2) is 9.97 Å². The number of nitrogens with one attached hydrogen (secondary N) is 1. The van der Waals surface area contributed by atoms with Crippen LogP contribution in [0.2, 0.25) is 0 Å². The summed E-state index contributed by atoms with van der Waals surface area (Å²) in [4.78, 5) is 28.4. The number of H-pyrrole nitrogens is 1. The van der Waals surface area contributed by atoms with Gasteiger partial charge in [-0.3, -0.25) is 9.69 Å². The lowest BCUT2D eigenvalue weighted by atomic mass is 10.2. The van der Waals surface area contributed by atoms with Crippen molar-refractivity contribution in [3.63, 3.8) is 0 Å². The smallest absolute Gasteiger partial charge is 0.180 e. The summed E-state index contributed by atoms with van der Waals surface area (Å²) in [7, 11) is 0. The molecule has 33 heavy (non-hydrogen) atoms. The minimum absolute atomic E-state index is 0.0224. The molecule has 0 atom stereocenters. The molecule has 0 saturated carbocycles. The zero-order chi connectivity index (χ0) is 23.4. The van der Waals surface area contributed by atoms with E-state index in [4.69, 9.17) is 20.6 Å². The van der Waals surface area contributed by atoms with Gasteiger partial charge in [-0.05, 0) is 47.1 Å². The Morgan fingerprint density at radius 2 is 2.00 bits per heavy atom. The van der Waals surface area contributed by atoms with Gasteiger partial charge in [-0.15, -0.1) is 0 Å². The molecule has 3 heterocycles. The minimum atomic E-state index is -0.0309. The zero-order valence-electron chi connectivity index (χ0n) is 18.4. The number of aliphatic hydroxyl groups excluding tert-OH is 1. The van der Waals surface area contributed by atoms with Crippen molar-refractivity contribution >= 4 is 38.6 Å². The third kappa shape index (κ3) is 5.52. The molecule has 0 spiro atoms. The summed E-state index contributed by atoms with van der Waals surface area (Å²) in [6.07, 6.45) is 3.28. The number of carbonyl (C=O) groups excluding carboxylic acids is 1. The van der Waals surface area contributed by atoms with Crippen molar-refractivity contribution in [2.24, 2.45) is 5.73 Å². The van der Waals surface area contributed by atoms with Gasteiger partial charge in [0.2, 0.25) is 0 Å². The number of aromatic amines is 1. The number of pyridine rings is 1. The lowest BCUT2D eigenvalue weighted by Crippen LogP contribution is -2.47. The largest absolute Gasteiger partial charge is 0.491 e. The van der Waals surface area contributed by atoms with Gasteiger partial charge in [0.15, 0.2) is 11.4 Å². The first-order valence-corrected chi connectivity index (χ1v) is 11.6. The van der Waals surface area contributed by atoms with Crippen LogP contribution in [0.4, 0.5) is 5.69 Å². The Morgan fingerprint density at radius 3 is 2.67 bits per heavy atom. The van der Waals surface area contributed by atoms with E-state index in [-0.39, 0.29) is 19.0 Å². The fourth-order valence-corrected chi connectivity index (χ4v) is 4.49. The first kappa shape index (κ1) is 23.2. The zero-order valence-corrected chi connectivity index (χ0v) is 20.0. The second-order valence-electron chi connectivity index (χ2n) is 7.93. The first-order chi connectivity index (χ1) is 15.9. The third-order valence-corrected chi connectivity index (χ3v) is 6.00. The number of piperazine rings is 1. The highest BCUT2D eigenvalue weighted by atomic mass is 79.9. The number of benzene rings is 1. The molecule has 0 aliphatic carbocycles. The van der Waals surface area contributed by atoms with Gasteiger partial charge in [0.05, 0.1) is 16.8 Å². The monoisotopic (exact) mass is 514 g/mol. The van der Waals surface area contributed by atoms with Crippen LogP contribution in [0.1, 0.15) is 6.92 Å². The molecule has 1 aliphatic heterocycles. The molecule has 10 heteroatoms. The number of aromatic nitrogens is 3. The fraction of sp³-hybridized carbons (Fsp3) is 0.348. The number of anilines is 1. The lowest BCUT2D eigenvalue weighted by molar-refractivity contribution is -0.112. The van der Waals surface area contributed by atoms with Crippen LogP contribution in [0.5, 0.6) is 5.75 Å². The van der Waals surface area contributed by atoms with Gasteiger partial charge in [0.1, 0.15) is 23.7 Å². The molecular weight excluding hydrogens is 488 g/mol. The maximum Gasteiger partial charge on any atom is 0.180 e. The van der Waals surface area contributed by atoms with Crippen molar-refractivity contribution in [2.45, 2.75) is 6.92 Å². The molecule has 174 valence electrons. The van der Waals surface area contributed by atoms with E-state index in [1.165, 1.54) is 13.0 Å². The van der Waals surface area contributed by atoms with Crippen LogP contribution < -0.4 is 15.4 Å². The molecule has 4 N–H and O–H groups in total. The van der Waals surface area contributed by atoms with Gasteiger partial charge < -0.3 is 25.5 Å². The number of hydrogen-bond acceptors (Lipinski definition) is 8. The summed E-state index contributed by atoms with van der Waals surface area (Å²) >= 11 is 3.67. The number of ketones is 1. The van der Waals surface area contributed by atoms with Crippen LogP contribution >= 0.6 is 15.9 Å². The van der Waals surface area contributed by atoms with E-state index < -0.39 is 0 Å². The van der Waals surface area contributed by atoms with Gasteiger partial charge in [-0.1, -0.05) is 0 Å². The number of aliphatic hydroxyl groups is 1. The lowest BCUT2D eigenvalue weighted by Gasteiger charge is -2.36. The molecule has 1 aliphatic rings. The van der Waals surface area contributed by atoms with E-state index in [9.17, 15) is 4.79 Å². The van der Waals surface area contributed by atoms with Gasteiger partial charge >= 0.3 is 0 Å². The van der Waals surface area contributed by atoms with Crippen LogP contribution in [-0.2, 0) is 4.79 Å². The second-order valence-corrected chi connectivity index (χ2v) is 8.78. The number of imidazole rings is 1. The van der Waals surface area contributed by atoms with E-state index in [0.29, 0.717) is 23.6 Å². The topological polar surface area (TPSA) is 121 Å². The highest BCUT2D eigenvalue weighted by molar-refractivity contribution is 9.10. The Morgan fingerprint density at radius 1 is 1.27 bits per heavy atom. The number of ether oxygens (including phenoxy) is 1. The summed E-state index contributed by atoms with van der Waals surface area (Å²) in [5.74, 6) is 1.39. The summed E-state index contributed by atoms with van der Waals surface area (Å²) in [5, 5.41) is 8.90. The quantitative estimate of drug-likeness (QED) is 0.391. The van der Waals surface area contributed by atoms with Gasteiger partial charge in [-0.2, -0.15) is 0 Å². The van der Waals surface area contributed by atoms with Crippen LogP contribution in [0, 0.1) is 0 Å². The molecule has 9 nitrogen and oxygen atoms in total. The van der Waals surface area contributed by atoms with Crippen LogP contribution in [0.15, 0.2) is 46.7 Å². The van der Waals surface area contributed by atoms with E-state index in [1.54, 1.807) is 6.20 Å². The van der Waals surface area contributed by atoms with Crippen molar-refractivity contribution in [1.82, 2.24) is 19.9 Å². The Hall–Kier alpha value is -2.95. The van der Waals surface area contributed by atoms with Crippen molar-refractivity contribution in [3.8, 4) is 17.1 Å². The average molecular weight is 515 g/mol. The second kappa shape index (κ2) is 10.3. The van der Waals surface area contributed by atoms with Crippen LogP contribution in [0.3, 0.4) is 0 Å². The number of nitrogens with two attached hydrogens (primary N) is 1. The van der Waals surface area contributed by atoms with Crippen molar-refractivity contribution in [2.75, 3.05) is 50.8 Å². The fourth-order valence-electron chi connectivity index (χ4n) is 3.93. The van der Waals surface area contributed by atoms with Crippen LogP contribution in [0.25, 0.3) is 22.6 Å². The summed E-state index contributed by atoms with van der Waals surface area (Å²) in [5.41, 5.74) is 10.1. The van der Waals surface area contributed by atoms with E-state index in [1.807, 2.05) is 24.3 Å². The van der Waals surface area contributed by atoms with Crippen LogP contribution in [-0.4, -0.2) is 76.7 Å². The number of rotatable bonds is 8. The SMILES string of the molecule is CC(=O)C=C(N)CN1CCN(c2c(Br)cnc3nc(-c4ccc(OCCO)cc4)[nH]c23)CC1. The molecule has 1 saturated heterocycles. The number of allylic oxidation sites excluding steroid dienone is 1. The van der Waals surface area contributed by atoms with Gasteiger partial charge in [0, 0.05) is 56.3 Å². The molecule has 1 fully saturated rings. The molecule has 3 aromatic rings. The molecule has 0 radical (unpaired) electrons. The Bertz CT molecular complexity index is 1150. The maximum absolute atomic E-state index is 11.2. The normalized spacial score (nSPS) is 15.2. The molecule has 0 bridgehead atoms. The number of hydrogen-bond donors (Lipinski definition) is 3. The van der Waals surface area contributed by atoms with E-state index >= 15 is 0 Å². The molecular formula is C23H27BrN6O3. The summed E-state index contributed by atoms with van der Waals surface area (Å²) < 4.78 is 6.34. The van der Waals surface area contributed by atoms with Crippen molar-refractivity contribution in [3.05, 3.63) is 46.7 Å². The number of halogens is 1. The number of nitrogens with zero attached hydrogens (tertiary/aromatic N) is 4. The predicted molar refractivity (Wildman–Crippen MR) is 131 cm³/mol. The molecule has 0 amide bonds. The Labute approximate surface area is 200 Å². The first-order valence-electron chi connectivity index (χ1n) is 10.8. The highest BCUT2D eigenvalue weighted by Crippen LogP contribution is 2.34. The minimum Gasteiger partial charge on any atom is -0.491 e. The maximum atomic E-state index is 11.2. The standard InChI is InChI=1S/C23H27BrN6O3/c1-15(32)12-17(25)14-29-6-8-30(9-7-29)21-19(24)13-26-23-20(21)27-22(28-23)16-2-4-18(5-3-16)33-11-10-31/h2-5,12-13,31H,6-11,14,25H2,1H3,(H,26,27,28). The predicted octanol–water partition coefficient (Wildman–Crippen LogP) is 2.31. The van der Waals surface area contributed by atoms with Gasteiger partial charge in [0.25, 0.3) is 0 Å². The van der Waals surface area contributed by atoms with E-state index in [2.05, 4.69) is 35.7 Å². The van der Waals surface area contributed by atoms with Crippen molar-refractivity contribution < 1.29 is 14.6 Å². The average Bonchev–Trinajstić information content (AvgIpc) is 3.22. The number of carbonyl (C=O) groups is 1. The summed E-state index contributed by atoms with van der Waals surface area (Å²) in [6, 6.07) is 7.57. The Balaban J connectivity index is 1.52. The highest BCUT2D eigenvalue weighted by Gasteiger charge is 2.23.